The Balaban J connectivity index is 2.13. The fourth-order valence-corrected chi connectivity index (χ4v) is 2.48. The van der Waals surface area contributed by atoms with Crippen molar-refractivity contribution in [1.82, 2.24) is 10.6 Å². The average molecular weight is 256 g/mol. The van der Waals surface area contributed by atoms with Crippen LogP contribution in [0.5, 0.6) is 0 Å². The summed E-state index contributed by atoms with van der Waals surface area (Å²) in [5, 5.41) is 16.2. The molecule has 4 nitrogen and oxygen atoms in total. The van der Waals surface area contributed by atoms with Gasteiger partial charge in [-0.05, 0) is 39.2 Å². The second-order valence-corrected chi connectivity index (χ2v) is 5.71. The van der Waals surface area contributed by atoms with Crippen LogP contribution >= 0.6 is 0 Å². The first-order valence-electron chi connectivity index (χ1n) is 7.26. The Morgan fingerprint density at radius 2 is 2.28 bits per heavy atom. The molecule has 2 atom stereocenters. The van der Waals surface area contributed by atoms with Crippen LogP contribution in [-0.4, -0.2) is 35.7 Å². The van der Waals surface area contributed by atoms with Crippen LogP contribution in [0.25, 0.3) is 0 Å². The standard InChI is InChI=1S/C14H28N2O2/c1-3-9-14(2,18)11-16-13(17)8-7-12-6-4-5-10-15-12/h12,15,18H,3-11H2,1-2H3,(H,16,17). The molecule has 2 unspecified atom stereocenters. The number of piperidine rings is 1. The summed E-state index contributed by atoms with van der Waals surface area (Å²) in [6.07, 6.45) is 6.81. The van der Waals surface area contributed by atoms with E-state index in [9.17, 15) is 9.90 Å². The zero-order valence-corrected chi connectivity index (χ0v) is 11.8. The quantitative estimate of drug-likeness (QED) is 0.648. The molecule has 3 N–H and O–H groups in total. The Morgan fingerprint density at radius 3 is 2.89 bits per heavy atom. The predicted molar refractivity (Wildman–Crippen MR) is 73.4 cm³/mol. The van der Waals surface area contributed by atoms with Gasteiger partial charge in [0.15, 0.2) is 0 Å². The maximum atomic E-state index is 11.7. The van der Waals surface area contributed by atoms with Crippen molar-refractivity contribution < 1.29 is 9.90 Å². The molecule has 1 amide bonds. The molecule has 4 heteroatoms. The van der Waals surface area contributed by atoms with E-state index in [4.69, 9.17) is 0 Å². The molecule has 1 saturated heterocycles. The normalized spacial score (nSPS) is 23.4. The van der Waals surface area contributed by atoms with Crippen molar-refractivity contribution in [2.24, 2.45) is 0 Å². The van der Waals surface area contributed by atoms with E-state index >= 15 is 0 Å². The van der Waals surface area contributed by atoms with Gasteiger partial charge in [0.2, 0.25) is 5.91 Å². The highest BCUT2D eigenvalue weighted by Crippen LogP contribution is 2.12. The molecule has 1 fully saturated rings. The summed E-state index contributed by atoms with van der Waals surface area (Å²) < 4.78 is 0. The summed E-state index contributed by atoms with van der Waals surface area (Å²) >= 11 is 0. The Kier molecular flexibility index (Phi) is 6.65. The predicted octanol–water partition coefficient (Wildman–Crippen LogP) is 1.58. The van der Waals surface area contributed by atoms with E-state index in [1.165, 1.54) is 19.3 Å². The van der Waals surface area contributed by atoms with Crippen LogP contribution in [0.15, 0.2) is 0 Å². The lowest BCUT2D eigenvalue weighted by atomic mass is 9.99. The van der Waals surface area contributed by atoms with E-state index in [1.54, 1.807) is 6.92 Å². The number of carbonyl (C=O) groups excluding carboxylic acids is 1. The van der Waals surface area contributed by atoms with Crippen molar-refractivity contribution in [1.29, 1.82) is 0 Å². The number of rotatable bonds is 7. The molecule has 1 aliphatic heterocycles. The van der Waals surface area contributed by atoms with Gasteiger partial charge in [0, 0.05) is 19.0 Å². The van der Waals surface area contributed by atoms with Gasteiger partial charge in [0.1, 0.15) is 0 Å². The third kappa shape index (κ3) is 6.36. The first-order chi connectivity index (χ1) is 8.53. The maximum Gasteiger partial charge on any atom is 0.220 e. The van der Waals surface area contributed by atoms with Crippen LogP contribution in [-0.2, 0) is 4.79 Å². The fraction of sp³-hybridized carbons (Fsp3) is 0.929. The minimum atomic E-state index is -0.770. The molecule has 1 heterocycles. The second-order valence-electron chi connectivity index (χ2n) is 5.71. The molecule has 0 spiro atoms. The van der Waals surface area contributed by atoms with Gasteiger partial charge in [-0.15, -0.1) is 0 Å². The van der Waals surface area contributed by atoms with E-state index < -0.39 is 5.60 Å². The van der Waals surface area contributed by atoms with Gasteiger partial charge in [0.05, 0.1) is 5.60 Å². The summed E-state index contributed by atoms with van der Waals surface area (Å²) in [5.41, 5.74) is -0.770. The van der Waals surface area contributed by atoms with E-state index in [1.807, 2.05) is 6.92 Å². The molecule has 0 saturated carbocycles. The van der Waals surface area contributed by atoms with Gasteiger partial charge in [-0.3, -0.25) is 4.79 Å². The molecular formula is C14H28N2O2. The first-order valence-corrected chi connectivity index (χ1v) is 7.26. The van der Waals surface area contributed by atoms with Crippen LogP contribution in [0.1, 0.15) is 58.8 Å². The molecule has 0 aromatic carbocycles. The lowest BCUT2D eigenvalue weighted by molar-refractivity contribution is -0.122. The molecule has 0 aliphatic carbocycles. The number of nitrogens with one attached hydrogen (secondary N) is 2. The Bertz CT molecular complexity index is 248. The topological polar surface area (TPSA) is 61.4 Å². The Hall–Kier alpha value is -0.610. The van der Waals surface area contributed by atoms with Crippen molar-refractivity contribution in [2.75, 3.05) is 13.1 Å². The minimum Gasteiger partial charge on any atom is -0.388 e. The minimum absolute atomic E-state index is 0.0544. The van der Waals surface area contributed by atoms with E-state index in [2.05, 4.69) is 10.6 Å². The summed E-state index contributed by atoms with van der Waals surface area (Å²) in [4.78, 5) is 11.7. The molecule has 106 valence electrons. The molecule has 0 bridgehead atoms. The van der Waals surface area contributed by atoms with Crippen LogP contribution < -0.4 is 10.6 Å². The third-order valence-corrected chi connectivity index (χ3v) is 3.59. The second kappa shape index (κ2) is 7.74. The molecule has 18 heavy (non-hydrogen) atoms. The average Bonchev–Trinajstić information content (AvgIpc) is 2.35. The van der Waals surface area contributed by atoms with Gasteiger partial charge in [-0.1, -0.05) is 19.8 Å². The number of aliphatic hydroxyl groups is 1. The third-order valence-electron chi connectivity index (χ3n) is 3.59. The van der Waals surface area contributed by atoms with Gasteiger partial charge in [-0.2, -0.15) is 0 Å². The Labute approximate surface area is 111 Å². The van der Waals surface area contributed by atoms with Crippen molar-refractivity contribution in [3.63, 3.8) is 0 Å². The van der Waals surface area contributed by atoms with Crippen LogP contribution in [0, 0.1) is 0 Å². The van der Waals surface area contributed by atoms with E-state index in [0.29, 0.717) is 19.0 Å². The zero-order valence-electron chi connectivity index (χ0n) is 11.8. The van der Waals surface area contributed by atoms with E-state index in [-0.39, 0.29) is 5.91 Å². The van der Waals surface area contributed by atoms with Gasteiger partial charge < -0.3 is 15.7 Å². The zero-order chi connectivity index (χ0) is 13.4. The summed E-state index contributed by atoms with van der Waals surface area (Å²) in [7, 11) is 0. The summed E-state index contributed by atoms with van der Waals surface area (Å²) in [6, 6.07) is 0.501. The van der Waals surface area contributed by atoms with Crippen LogP contribution in [0.2, 0.25) is 0 Å². The first kappa shape index (κ1) is 15.4. The van der Waals surface area contributed by atoms with Crippen molar-refractivity contribution in [3.8, 4) is 0 Å². The highest BCUT2D eigenvalue weighted by Gasteiger charge is 2.20. The molecule has 0 aromatic rings. The Morgan fingerprint density at radius 1 is 1.50 bits per heavy atom. The molecule has 1 rings (SSSR count). The van der Waals surface area contributed by atoms with Crippen molar-refractivity contribution in [2.45, 2.75) is 70.4 Å². The van der Waals surface area contributed by atoms with Crippen molar-refractivity contribution in [3.05, 3.63) is 0 Å². The lowest BCUT2D eigenvalue weighted by Crippen LogP contribution is -2.41. The number of carbonyl (C=O) groups is 1. The highest BCUT2D eigenvalue weighted by molar-refractivity contribution is 5.75. The number of amides is 1. The smallest absolute Gasteiger partial charge is 0.220 e. The fourth-order valence-electron chi connectivity index (χ4n) is 2.48. The lowest BCUT2D eigenvalue weighted by Gasteiger charge is -2.24. The van der Waals surface area contributed by atoms with Gasteiger partial charge >= 0.3 is 0 Å². The summed E-state index contributed by atoms with van der Waals surface area (Å²) in [6.45, 7) is 5.25. The van der Waals surface area contributed by atoms with Crippen LogP contribution in [0.3, 0.4) is 0 Å². The monoisotopic (exact) mass is 256 g/mol. The largest absolute Gasteiger partial charge is 0.388 e. The van der Waals surface area contributed by atoms with Crippen molar-refractivity contribution >= 4 is 5.91 Å². The maximum absolute atomic E-state index is 11.7. The van der Waals surface area contributed by atoms with Crippen LogP contribution in [0.4, 0.5) is 0 Å². The number of hydrogen-bond donors (Lipinski definition) is 3. The van der Waals surface area contributed by atoms with E-state index in [0.717, 1.165) is 25.8 Å². The number of hydrogen-bond acceptors (Lipinski definition) is 3. The molecule has 0 radical (unpaired) electrons. The van der Waals surface area contributed by atoms with Gasteiger partial charge in [-0.25, -0.2) is 0 Å². The SMILES string of the molecule is CCCC(C)(O)CNC(=O)CCC1CCCCN1. The summed E-state index contributed by atoms with van der Waals surface area (Å²) in [5.74, 6) is 0.0544. The highest BCUT2D eigenvalue weighted by atomic mass is 16.3. The van der Waals surface area contributed by atoms with Gasteiger partial charge in [0.25, 0.3) is 0 Å². The molecular weight excluding hydrogens is 228 g/mol. The molecule has 1 aliphatic rings. The molecule has 0 aromatic heterocycles.